The highest BCUT2D eigenvalue weighted by atomic mass is 16.3. The van der Waals surface area contributed by atoms with Gasteiger partial charge in [0, 0.05) is 54.9 Å². The van der Waals surface area contributed by atoms with Gasteiger partial charge in [-0.3, -0.25) is 5.32 Å². The van der Waals surface area contributed by atoms with Crippen LogP contribution < -0.4 is 21.2 Å². The Morgan fingerprint density at radius 2 is 1.01 bits per heavy atom. The highest BCUT2D eigenvalue weighted by Gasteiger charge is 2.31. The predicted octanol–water partition coefficient (Wildman–Crippen LogP) is 16.7. The maximum Gasteiger partial charge on any atom is 0.136 e. The summed E-state index contributed by atoms with van der Waals surface area (Å²) in [5.74, 6) is 0.951. The molecule has 3 aromatic heterocycles. The zero-order valence-electron chi connectivity index (χ0n) is 44.2. The number of fused-ring (bicyclic) bond motifs is 9. The molecule has 14 aromatic rings. The molecule has 4 heterocycles. The molecule has 6 nitrogen and oxygen atoms in total. The number of aromatic nitrogens is 2. The molecule has 6 heteroatoms. The zero-order chi connectivity index (χ0) is 53.4. The molecule has 11 aromatic carbocycles. The molecule has 0 saturated heterocycles. The van der Waals surface area contributed by atoms with Crippen molar-refractivity contribution < 1.29 is 4.42 Å². The third-order valence-electron chi connectivity index (χ3n) is 16.8. The molecule has 0 saturated carbocycles. The fraction of sp³-hybridized carbons (Fsp3) is 0.0533. The molecular weight excluding hydrogens is 987 g/mol. The van der Waals surface area contributed by atoms with E-state index in [1.54, 1.807) is 0 Å². The van der Waals surface area contributed by atoms with Crippen LogP contribution in [-0.2, 0) is 0 Å². The van der Waals surface area contributed by atoms with Crippen LogP contribution in [0.3, 0.4) is 0 Å². The Morgan fingerprint density at radius 3 is 1.79 bits per heavy atom. The summed E-state index contributed by atoms with van der Waals surface area (Å²) < 4.78 is 11.5. The average Bonchev–Trinajstić information content (AvgIpc) is 4.43. The van der Waals surface area contributed by atoms with Crippen molar-refractivity contribution in [3.8, 4) is 44.8 Å². The second kappa shape index (κ2) is 19.3. The van der Waals surface area contributed by atoms with Crippen LogP contribution in [0.5, 0.6) is 0 Å². The fourth-order valence-corrected chi connectivity index (χ4v) is 13.1. The largest absolute Gasteiger partial charge is 0.456 e. The first-order chi connectivity index (χ1) is 40.2. The highest BCUT2D eigenvalue weighted by molar-refractivity contribution is 6.19. The van der Waals surface area contributed by atoms with Gasteiger partial charge in [-0.2, -0.15) is 0 Å². The van der Waals surface area contributed by atoms with E-state index in [0.29, 0.717) is 0 Å². The van der Waals surface area contributed by atoms with Gasteiger partial charge in [-0.25, -0.2) is 4.99 Å². The lowest BCUT2D eigenvalue weighted by atomic mass is 9.90. The number of hydrogen-bond donors (Lipinski definition) is 2. The van der Waals surface area contributed by atoms with Crippen molar-refractivity contribution in [3.63, 3.8) is 0 Å². The van der Waals surface area contributed by atoms with E-state index in [1.165, 1.54) is 54.5 Å². The molecule has 0 fully saturated rings. The number of para-hydroxylation sites is 3. The summed E-state index contributed by atoms with van der Waals surface area (Å²) in [6, 6.07) is 96.3. The topological polar surface area (TPSA) is 59.4 Å². The Kier molecular flexibility index (Phi) is 11.1. The van der Waals surface area contributed by atoms with Gasteiger partial charge in [-0.15, -0.1) is 0 Å². The van der Waals surface area contributed by atoms with Gasteiger partial charge < -0.3 is 18.9 Å². The van der Waals surface area contributed by atoms with Crippen LogP contribution >= 0.6 is 0 Å². The van der Waals surface area contributed by atoms with E-state index in [4.69, 9.17) is 9.41 Å². The zero-order valence-corrected chi connectivity index (χ0v) is 44.2. The van der Waals surface area contributed by atoms with Gasteiger partial charge in [-0.1, -0.05) is 224 Å². The minimum atomic E-state index is -0.423. The van der Waals surface area contributed by atoms with Gasteiger partial charge in [0.25, 0.3) is 0 Å². The van der Waals surface area contributed by atoms with Crippen molar-refractivity contribution in [2.24, 2.45) is 4.99 Å². The van der Waals surface area contributed by atoms with Crippen molar-refractivity contribution >= 4 is 72.6 Å². The van der Waals surface area contributed by atoms with Crippen LogP contribution in [0, 0.1) is 0 Å². The van der Waals surface area contributed by atoms with Crippen LogP contribution in [0.15, 0.2) is 276 Å². The van der Waals surface area contributed by atoms with E-state index in [2.05, 4.69) is 287 Å². The SMILES string of the molecule is C1=c2c(n(-c3cc(-c4ccccc4)ccc3C3NC(c4cccc5oc6ccccc6c45)=NC(c4cccc(-c5ccccc5)c4)N3)c3cccc(-c4cccc5c4c4ccccc4n5-c4ccccc4)c23)=CC(c2ccccc2)C1. The lowest BCUT2D eigenvalue weighted by molar-refractivity contribution is 0.408. The first-order valence-electron chi connectivity index (χ1n) is 28.0. The predicted molar refractivity (Wildman–Crippen MR) is 334 cm³/mol. The Hall–Kier alpha value is -10.3. The Balaban J connectivity index is 0.956. The number of furan rings is 1. The normalized spacial score (nSPS) is 16.0. The molecule has 0 bridgehead atoms. The third-order valence-corrected chi connectivity index (χ3v) is 16.8. The molecule has 0 spiro atoms. The van der Waals surface area contributed by atoms with Crippen molar-refractivity contribution in [3.05, 3.63) is 300 Å². The molecular formula is C75H53N5O. The first kappa shape index (κ1) is 46.8. The van der Waals surface area contributed by atoms with E-state index >= 15 is 0 Å². The minimum Gasteiger partial charge on any atom is -0.456 e. The van der Waals surface area contributed by atoms with Crippen molar-refractivity contribution in [1.29, 1.82) is 0 Å². The van der Waals surface area contributed by atoms with Gasteiger partial charge in [0.1, 0.15) is 29.3 Å². The van der Waals surface area contributed by atoms with Gasteiger partial charge >= 0.3 is 0 Å². The molecule has 2 aliphatic rings. The number of aliphatic imine (C=N–C) groups is 1. The Morgan fingerprint density at radius 1 is 0.432 bits per heavy atom. The minimum absolute atomic E-state index is 0.162. The summed E-state index contributed by atoms with van der Waals surface area (Å²) >= 11 is 0. The van der Waals surface area contributed by atoms with E-state index in [0.717, 1.165) is 90.0 Å². The number of rotatable bonds is 9. The molecule has 81 heavy (non-hydrogen) atoms. The number of nitrogens with zero attached hydrogens (tertiary/aromatic N) is 3. The Bertz CT molecular complexity index is 4920. The molecule has 0 amide bonds. The second-order valence-corrected chi connectivity index (χ2v) is 21.4. The quantitative estimate of drug-likeness (QED) is 0.151. The van der Waals surface area contributed by atoms with E-state index < -0.39 is 12.3 Å². The summed E-state index contributed by atoms with van der Waals surface area (Å²) in [5, 5.41) is 16.4. The van der Waals surface area contributed by atoms with Crippen LogP contribution in [0.2, 0.25) is 0 Å². The lowest BCUT2D eigenvalue weighted by Crippen LogP contribution is -2.45. The summed E-state index contributed by atoms with van der Waals surface area (Å²) in [7, 11) is 0. The second-order valence-electron chi connectivity index (χ2n) is 21.4. The molecule has 1 aliphatic heterocycles. The summed E-state index contributed by atoms with van der Waals surface area (Å²) in [4.78, 5) is 5.64. The van der Waals surface area contributed by atoms with E-state index in [9.17, 15) is 0 Å². The number of nitrogens with one attached hydrogen (secondary N) is 2. The van der Waals surface area contributed by atoms with E-state index in [-0.39, 0.29) is 5.92 Å². The summed E-state index contributed by atoms with van der Waals surface area (Å²) in [6.45, 7) is 0. The maximum absolute atomic E-state index is 6.53. The van der Waals surface area contributed by atoms with Crippen LogP contribution in [0.25, 0.3) is 112 Å². The molecule has 1 aliphatic carbocycles. The van der Waals surface area contributed by atoms with Gasteiger partial charge in [0.05, 0.1) is 27.6 Å². The first-order valence-corrected chi connectivity index (χ1v) is 28.0. The van der Waals surface area contributed by atoms with Gasteiger partial charge in [0.15, 0.2) is 0 Å². The molecule has 16 rings (SSSR count). The number of amidine groups is 1. The molecule has 3 atom stereocenters. The van der Waals surface area contributed by atoms with Crippen LogP contribution in [0.1, 0.15) is 46.9 Å². The molecule has 3 unspecified atom stereocenters. The summed E-state index contributed by atoms with van der Waals surface area (Å²) in [6.07, 6.45) is 5.09. The standard InChI is InChI=1S/C75H53N5O/c1-5-21-48(22-6-1)51-27-17-28-54(45-51)73-76-74(78-75(77-73)62-35-20-40-69-72(62)61-32-14-16-39-68(61)81-69)60-44-42-53(50-25-9-3-10-26-50)47-67(60)80-65-38-19-34-57(71(65)59-43-41-52(46-66(59)80)49-23-7-2-8-24-49)56-33-18-37-64-70(56)58-31-13-15-36-63(58)79(64)55-29-11-4-12-30-55/h1-40,42-47,52,73-74,76H,41H2,(H,77,78). The number of hydrogen-bond acceptors (Lipinski definition) is 4. The average molecular weight is 1040 g/mol. The molecule has 384 valence electrons. The Labute approximate surface area is 468 Å². The highest BCUT2D eigenvalue weighted by Crippen LogP contribution is 2.42. The lowest BCUT2D eigenvalue weighted by Gasteiger charge is -2.34. The maximum atomic E-state index is 6.53. The van der Waals surface area contributed by atoms with Crippen molar-refractivity contribution in [2.75, 3.05) is 0 Å². The monoisotopic (exact) mass is 1040 g/mol. The smallest absolute Gasteiger partial charge is 0.136 e. The fourth-order valence-electron chi connectivity index (χ4n) is 13.1. The van der Waals surface area contributed by atoms with Gasteiger partial charge in [0.2, 0.25) is 0 Å². The molecule has 2 N–H and O–H groups in total. The van der Waals surface area contributed by atoms with Crippen molar-refractivity contribution in [2.45, 2.75) is 24.7 Å². The third kappa shape index (κ3) is 7.86. The number of benzene rings is 11. The summed E-state index contributed by atoms with van der Waals surface area (Å²) in [5.41, 5.74) is 18.8. The van der Waals surface area contributed by atoms with E-state index in [1.807, 2.05) is 12.1 Å². The van der Waals surface area contributed by atoms with Gasteiger partial charge in [-0.05, 0) is 106 Å². The molecule has 0 radical (unpaired) electrons. The van der Waals surface area contributed by atoms with Crippen molar-refractivity contribution in [1.82, 2.24) is 19.8 Å². The van der Waals surface area contributed by atoms with Crippen LogP contribution in [0.4, 0.5) is 0 Å². The van der Waals surface area contributed by atoms with Crippen LogP contribution in [-0.4, -0.2) is 15.0 Å².